The van der Waals surface area contributed by atoms with Gasteiger partial charge in [0.1, 0.15) is 34.3 Å². The monoisotopic (exact) mass is 742 g/mol. The van der Waals surface area contributed by atoms with E-state index in [2.05, 4.69) is 27.5 Å². The zero-order valence-electron chi connectivity index (χ0n) is 31.1. The minimum Gasteiger partial charge on any atom is -0.493 e. The maximum Gasteiger partial charge on any atom is 0.413 e. The van der Waals surface area contributed by atoms with Crippen LogP contribution in [-0.4, -0.2) is 77.6 Å². The van der Waals surface area contributed by atoms with Crippen molar-refractivity contribution in [3.63, 3.8) is 0 Å². The first kappa shape index (κ1) is 44.8. The van der Waals surface area contributed by atoms with Gasteiger partial charge in [-0.2, -0.15) is 0 Å². The number of pyridine rings is 2. The maximum absolute atomic E-state index is 12.3. The molecule has 2 saturated heterocycles. The molecule has 0 bridgehead atoms. The minimum atomic E-state index is -0.590. The molecule has 50 heavy (non-hydrogen) atoms. The molecule has 4 N–H and O–H groups in total. The highest BCUT2D eigenvalue weighted by atomic mass is 35.5. The van der Waals surface area contributed by atoms with Gasteiger partial charge in [0.05, 0.1) is 13.2 Å². The highest BCUT2D eigenvalue weighted by molar-refractivity contribution is 5.85. The number of halogens is 2. The average Bonchev–Trinajstić information content (AvgIpc) is 3.02. The molecule has 2 aliphatic heterocycles. The molecule has 0 radical (unpaired) electrons. The number of hydrogen-bond donors (Lipinski definition) is 3. The molecule has 2 aromatic rings. The molecule has 284 valence electrons. The van der Waals surface area contributed by atoms with Crippen molar-refractivity contribution in [2.45, 2.75) is 117 Å². The van der Waals surface area contributed by atoms with Crippen molar-refractivity contribution < 1.29 is 28.5 Å². The largest absolute Gasteiger partial charge is 0.493 e. The Hall–Kier alpha value is -3.22. The van der Waals surface area contributed by atoms with Gasteiger partial charge in [0.2, 0.25) is 0 Å². The summed E-state index contributed by atoms with van der Waals surface area (Å²) in [4.78, 5) is 34.8. The third kappa shape index (κ3) is 15.3. The van der Waals surface area contributed by atoms with Gasteiger partial charge in [-0.15, -0.1) is 24.8 Å². The minimum absolute atomic E-state index is 0. The summed E-state index contributed by atoms with van der Waals surface area (Å²) in [6.07, 6.45) is 8.57. The first-order chi connectivity index (χ1) is 22.7. The molecule has 0 unspecified atom stereocenters. The van der Waals surface area contributed by atoms with Crippen LogP contribution in [0.15, 0.2) is 24.5 Å². The molecule has 4 rings (SSSR count). The number of ether oxygens (including phenoxy) is 4. The second-order valence-corrected chi connectivity index (χ2v) is 14.3. The first-order valence-electron chi connectivity index (χ1n) is 17.4. The quantitative estimate of drug-likeness (QED) is 0.230. The van der Waals surface area contributed by atoms with E-state index in [4.69, 9.17) is 24.7 Å². The number of nitrogen functional groups attached to an aromatic ring is 1. The van der Waals surface area contributed by atoms with Crippen molar-refractivity contribution >= 4 is 48.6 Å². The van der Waals surface area contributed by atoms with Crippen LogP contribution in [0.25, 0.3) is 0 Å². The molecular weight excluding hydrogens is 683 g/mol. The van der Waals surface area contributed by atoms with Gasteiger partial charge in [0.15, 0.2) is 0 Å². The number of hydrogen-bond acceptors (Lipinski definition) is 10. The Bertz CT molecular complexity index is 1320. The van der Waals surface area contributed by atoms with E-state index in [9.17, 15) is 9.59 Å². The Labute approximate surface area is 311 Å². The van der Waals surface area contributed by atoms with Crippen molar-refractivity contribution in [1.82, 2.24) is 20.2 Å². The van der Waals surface area contributed by atoms with Crippen LogP contribution in [0.1, 0.15) is 117 Å². The van der Waals surface area contributed by atoms with Gasteiger partial charge in [0, 0.05) is 48.7 Å². The van der Waals surface area contributed by atoms with Crippen LogP contribution in [-0.2, 0) is 9.47 Å². The lowest BCUT2D eigenvalue weighted by Crippen LogP contribution is -2.41. The summed E-state index contributed by atoms with van der Waals surface area (Å²) >= 11 is 0. The van der Waals surface area contributed by atoms with Gasteiger partial charge in [0.25, 0.3) is 0 Å². The van der Waals surface area contributed by atoms with Crippen molar-refractivity contribution in [2.75, 3.05) is 50.4 Å². The fourth-order valence-electron chi connectivity index (χ4n) is 5.51. The number of nitrogens with two attached hydrogens (primary N) is 1. The molecule has 2 amide bonds. The summed E-state index contributed by atoms with van der Waals surface area (Å²) < 4.78 is 22.5. The summed E-state index contributed by atoms with van der Waals surface area (Å²) in [6, 6.07) is 3.60. The van der Waals surface area contributed by atoms with E-state index in [1.165, 1.54) is 5.56 Å². The molecule has 14 heteroatoms. The van der Waals surface area contributed by atoms with Crippen LogP contribution in [0, 0.1) is 0 Å². The fourth-order valence-corrected chi connectivity index (χ4v) is 5.51. The highest BCUT2D eigenvalue weighted by Crippen LogP contribution is 2.36. The van der Waals surface area contributed by atoms with E-state index in [0.717, 1.165) is 69.5 Å². The summed E-state index contributed by atoms with van der Waals surface area (Å²) in [5.41, 5.74) is 6.84. The van der Waals surface area contributed by atoms with Crippen LogP contribution in [0.5, 0.6) is 11.5 Å². The Kier molecular flexibility index (Phi) is 19.0. The molecule has 0 saturated carbocycles. The number of aromatic nitrogens is 2. The van der Waals surface area contributed by atoms with Crippen molar-refractivity contribution in [2.24, 2.45) is 0 Å². The van der Waals surface area contributed by atoms with Crippen LogP contribution >= 0.6 is 24.8 Å². The molecule has 0 aliphatic carbocycles. The van der Waals surface area contributed by atoms with E-state index < -0.39 is 17.3 Å². The molecule has 2 aliphatic rings. The van der Waals surface area contributed by atoms with Crippen LogP contribution in [0.2, 0.25) is 0 Å². The third-order valence-electron chi connectivity index (χ3n) is 7.73. The van der Waals surface area contributed by atoms with Crippen LogP contribution in [0.4, 0.5) is 21.2 Å². The third-order valence-corrected chi connectivity index (χ3v) is 7.73. The average molecular weight is 744 g/mol. The number of anilines is 2. The Morgan fingerprint density at radius 2 is 1.32 bits per heavy atom. The molecule has 4 heterocycles. The molecule has 12 nitrogen and oxygen atoms in total. The Morgan fingerprint density at radius 3 is 1.84 bits per heavy atom. The van der Waals surface area contributed by atoms with Crippen LogP contribution < -0.4 is 25.8 Å². The van der Waals surface area contributed by atoms with E-state index in [0.29, 0.717) is 43.0 Å². The highest BCUT2D eigenvalue weighted by Gasteiger charge is 2.29. The van der Waals surface area contributed by atoms with Crippen molar-refractivity contribution in [1.29, 1.82) is 0 Å². The normalized spacial score (nSPS) is 15.3. The smallest absolute Gasteiger partial charge is 0.413 e. The molecule has 2 fully saturated rings. The predicted molar refractivity (Wildman–Crippen MR) is 203 cm³/mol. The topological polar surface area (TPSA) is 150 Å². The van der Waals surface area contributed by atoms with Crippen molar-refractivity contribution in [3.05, 3.63) is 35.7 Å². The molecule has 0 aromatic carbocycles. The number of nitrogens with zero attached hydrogens (tertiary/aromatic N) is 3. The van der Waals surface area contributed by atoms with E-state index in [1.807, 2.05) is 60.7 Å². The summed E-state index contributed by atoms with van der Waals surface area (Å²) in [6.45, 7) is 19.9. The van der Waals surface area contributed by atoms with Crippen molar-refractivity contribution in [3.8, 4) is 11.5 Å². The lowest BCUT2D eigenvalue weighted by molar-refractivity contribution is 0.0204. The maximum atomic E-state index is 12.3. The van der Waals surface area contributed by atoms with E-state index >= 15 is 0 Å². The number of amides is 2. The Balaban J connectivity index is 0.000000557. The van der Waals surface area contributed by atoms with E-state index in [1.54, 1.807) is 17.2 Å². The second kappa shape index (κ2) is 21.2. The summed E-state index contributed by atoms with van der Waals surface area (Å²) in [5.74, 6) is 3.32. The summed E-state index contributed by atoms with van der Waals surface area (Å²) in [7, 11) is 0. The van der Waals surface area contributed by atoms with Crippen LogP contribution in [0.3, 0.4) is 0 Å². The van der Waals surface area contributed by atoms with Gasteiger partial charge in [-0.3, -0.25) is 5.32 Å². The first-order valence-corrected chi connectivity index (χ1v) is 17.4. The number of piperidine rings is 2. The summed E-state index contributed by atoms with van der Waals surface area (Å²) in [5, 5.41) is 6.04. The van der Waals surface area contributed by atoms with Gasteiger partial charge < -0.3 is 34.9 Å². The zero-order chi connectivity index (χ0) is 35.3. The standard InChI is InChI=1S/C23H37N3O5.C13H21N3O.2ClH/c1-8-13-29-18-14-19(25-20(27)30-22(2,3)4)24-15-17(18)16-9-11-26(12-10-16)21(28)31-23(5,6)7;1-2-7-17-12-8-13(14)16-9-11(12)10-3-5-15-6-4-10;;/h14-16H,8-13H2,1-7H3,(H,24,25,27);8-10,15H,2-7H2,1H3,(H2,14,16);2*1H. The lowest BCUT2D eigenvalue weighted by Gasteiger charge is -2.34. The SMILES string of the molecule is CCCOc1cc(N)ncc1C1CCNCC1.CCCOc1cc(NC(=O)OC(C)(C)C)ncc1C1CCN(C(=O)OC(C)(C)C)CC1.Cl.Cl. The zero-order valence-corrected chi connectivity index (χ0v) is 32.8. The Morgan fingerprint density at radius 1 is 0.820 bits per heavy atom. The van der Waals surface area contributed by atoms with Gasteiger partial charge in [-0.25, -0.2) is 19.6 Å². The van der Waals surface area contributed by atoms with Gasteiger partial charge in [-0.05, 0) is 105 Å². The molecule has 0 atom stereocenters. The fraction of sp³-hybridized carbons (Fsp3) is 0.667. The second-order valence-electron chi connectivity index (χ2n) is 14.3. The predicted octanol–water partition coefficient (Wildman–Crippen LogP) is 8.10. The lowest BCUT2D eigenvalue weighted by atomic mass is 9.90. The number of carbonyl (C=O) groups excluding carboxylic acids is 2. The number of rotatable bonds is 9. The number of carbonyl (C=O) groups is 2. The molecule has 0 spiro atoms. The van der Waals surface area contributed by atoms with Gasteiger partial charge in [-0.1, -0.05) is 13.8 Å². The number of likely N-dealkylation sites (tertiary alicyclic amines) is 1. The molecule has 2 aromatic heterocycles. The molecular formula is C36H60Cl2N6O6. The van der Waals surface area contributed by atoms with E-state index in [-0.39, 0.29) is 36.8 Å². The number of nitrogens with one attached hydrogen (secondary N) is 2. The van der Waals surface area contributed by atoms with Gasteiger partial charge >= 0.3 is 12.2 Å².